The van der Waals surface area contributed by atoms with Gasteiger partial charge in [0, 0.05) is 44.5 Å². The molecule has 4 unspecified atom stereocenters. The molecule has 5 aliphatic heterocycles. The van der Waals surface area contributed by atoms with E-state index < -0.39 is 204 Å². The monoisotopic (exact) mass is 1500 g/mol. The van der Waals surface area contributed by atoms with Gasteiger partial charge in [-0.2, -0.15) is 24.9 Å². The zero-order chi connectivity index (χ0) is 71.8. The van der Waals surface area contributed by atoms with Gasteiger partial charge in [0.1, 0.15) is 97.7 Å². The van der Waals surface area contributed by atoms with Crippen LogP contribution in [0.25, 0.3) is 33.5 Å². The third-order valence-corrected chi connectivity index (χ3v) is 20.4. The van der Waals surface area contributed by atoms with Crippen molar-refractivity contribution in [2.75, 3.05) is 61.7 Å². The Morgan fingerprint density at radius 1 is 0.436 bits per heavy atom. The van der Waals surface area contributed by atoms with Crippen molar-refractivity contribution in [2.45, 2.75) is 124 Å². The topological polar surface area (TPSA) is 700 Å². The number of nitrogens with one attached hydrogen (secondary N) is 3. The Morgan fingerprint density at radius 2 is 0.723 bits per heavy atom. The highest BCUT2D eigenvalue weighted by atomic mass is 31.2. The summed E-state index contributed by atoms with van der Waals surface area (Å²) in [5.74, 6) is -1.25. The molecule has 0 aromatic carbocycles. The highest BCUT2D eigenvalue weighted by Gasteiger charge is 2.50. The minimum absolute atomic E-state index is 0.00870. The molecule has 5 aliphatic rings. The Balaban J connectivity index is 0.694. The van der Waals surface area contributed by atoms with Crippen LogP contribution in [0.4, 0.5) is 29.5 Å². The lowest BCUT2D eigenvalue weighted by molar-refractivity contribution is -0.0641. The summed E-state index contributed by atoms with van der Waals surface area (Å²) in [7, 11) is -21.6. The molecule has 5 saturated heterocycles. The van der Waals surface area contributed by atoms with Gasteiger partial charge in [-0.3, -0.25) is 88.4 Å². The molecular formula is C48H61N21O28P4. The SMILES string of the molecule is Nc1ccn([C@H]2C[C@H](OP(=O)(O)OC[C@H]3O[C@@H](n4cnc5c(=O)[nH]c(N)nc54)C[C@@H]3OP(=O)(O)OC[C@H]3O[C@@H](n4ccc(N)nc4=O)C[C@@H]3OP(=O)(O)OC[C@H]3O[C@@H](n4cnc5c(=O)[nH]c(N)nc54)C[C@@H]3O)[C@@H](COP(=O)(O)O[C@H]3C[C@H](n4cnc5c(=O)[nH]c(N)nc54)O[C@@H]3CO)O2)c(=O)n1. The number of nitrogens with zero attached hydrogens (tertiary/aromatic N) is 13. The van der Waals surface area contributed by atoms with Gasteiger partial charge >= 0.3 is 42.7 Å². The molecule has 546 valence electrons. The maximum Gasteiger partial charge on any atom is 0.472 e. The molecule has 49 nitrogen and oxygen atoms in total. The molecule has 101 heavy (non-hydrogen) atoms. The van der Waals surface area contributed by atoms with Crippen molar-refractivity contribution in [3.05, 3.63) is 95.5 Å². The molecule has 0 spiro atoms. The van der Waals surface area contributed by atoms with Crippen molar-refractivity contribution < 1.29 is 108 Å². The molecular weight excluding hydrogens is 1440 g/mol. The molecule has 19 atom stereocenters. The molecule has 53 heteroatoms. The average Bonchev–Trinajstić information content (AvgIpc) is 1.64. The standard InChI is InChI=1S/C48H61N21O28P4/c49-28-1-3-65(47(75)57-28)31-7-20(95-98(77,78)85-11-24-18(71)5-30(90-24)67-15-54-35-38(67)59-44(51)62-41(35)72)26(92-31)13-87-101(83,84)97-22-9-34(69-17-56-37-40(69)61-46(53)64-43(37)74)93-27(22)14-88-100(81,82)96-21-8-32(66-4-2-29(50)58-48(66)76)91-25(21)12-86-99(79,80)94-19-6-33(89-23(19)10-70)68-16-55-36-39(68)60-45(52)63-42(36)73/h1-4,15-27,30-34,70-71H,5-14H2,(H,77,78)(H,79,80)(H,81,82)(H,83,84)(H2,49,57,75)(H2,50,58,76)(H3,51,59,62,72)(H3,52,60,63,73)(H3,53,61,64,74)/t18-,19-,20-,21-,22-,23+,24+,25+,26+,27+,30+,31+,32+,33+,34+/m0/s1. The number of hydrogen-bond acceptors (Lipinski definition) is 37. The van der Waals surface area contributed by atoms with Gasteiger partial charge in [-0.05, 0) is 12.1 Å². The van der Waals surface area contributed by atoms with E-state index in [1.807, 2.05) is 0 Å². The van der Waals surface area contributed by atoms with Crippen molar-refractivity contribution in [3.8, 4) is 0 Å². The number of phosphoric ester groups is 4. The first-order valence-electron chi connectivity index (χ1n) is 29.9. The number of nitrogen functional groups attached to an aromatic ring is 5. The summed E-state index contributed by atoms with van der Waals surface area (Å²) in [6.45, 7) is -4.65. The first kappa shape index (κ1) is 71.4. The molecule has 0 aliphatic carbocycles. The Labute approximate surface area is 559 Å². The molecule has 8 aromatic heterocycles. The normalized spacial score (nSPS) is 29.4. The van der Waals surface area contributed by atoms with Crippen LogP contribution in [-0.4, -0.2) is 202 Å². The molecule has 5 fully saturated rings. The molecule has 0 radical (unpaired) electrons. The smallest absolute Gasteiger partial charge is 0.394 e. The summed E-state index contributed by atoms with van der Waals surface area (Å²) in [5, 5.41) is 21.1. The summed E-state index contributed by atoms with van der Waals surface area (Å²) in [5.41, 5.74) is 24.0. The first-order chi connectivity index (χ1) is 47.8. The number of aliphatic hydroxyl groups is 2. The second kappa shape index (κ2) is 28.0. The lowest BCUT2D eigenvalue weighted by atomic mass is 10.2. The number of hydrogen-bond donors (Lipinski definition) is 14. The van der Waals surface area contributed by atoms with Gasteiger partial charge in [0.15, 0.2) is 33.5 Å². The van der Waals surface area contributed by atoms with Crippen LogP contribution in [0.2, 0.25) is 0 Å². The first-order valence-corrected chi connectivity index (χ1v) is 35.9. The van der Waals surface area contributed by atoms with Crippen LogP contribution in [0.1, 0.15) is 63.2 Å². The number of imidazole rings is 3. The maximum absolute atomic E-state index is 14.2. The second-order valence-corrected chi connectivity index (χ2v) is 28.7. The minimum atomic E-state index is -5.53. The fraction of sp³-hybridized carbons (Fsp3) is 0.521. The Bertz CT molecular complexity index is 4970. The minimum Gasteiger partial charge on any atom is -0.394 e. The molecule has 8 aromatic rings. The highest BCUT2D eigenvalue weighted by molar-refractivity contribution is 7.48. The average molecular weight is 1500 g/mol. The zero-order valence-electron chi connectivity index (χ0n) is 51.4. The molecule has 13 rings (SSSR count). The van der Waals surface area contributed by atoms with E-state index in [1.54, 1.807) is 0 Å². The molecule has 19 N–H and O–H groups in total. The fourth-order valence-electron chi connectivity index (χ4n) is 11.8. The van der Waals surface area contributed by atoms with Crippen LogP contribution in [-0.2, 0) is 78.1 Å². The van der Waals surface area contributed by atoms with E-state index in [0.717, 1.165) is 15.5 Å². The van der Waals surface area contributed by atoms with Crippen LogP contribution in [0.5, 0.6) is 0 Å². The van der Waals surface area contributed by atoms with E-state index >= 15 is 0 Å². The Kier molecular flexibility index (Phi) is 19.8. The number of H-pyrrole nitrogens is 3. The van der Waals surface area contributed by atoms with Gasteiger partial charge in [-0.1, -0.05) is 0 Å². The van der Waals surface area contributed by atoms with Crippen molar-refractivity contribution in [1.29, 1.82) is 0 Å². The van der Waals surface area contributed by atoms with Gasteiger partial charge < -0.3 is 82.1 Å². The molecule has 13 heterocycles. The van der Waals surface area contributed by atoms with Crippen LogP contribution in [0, 0.1) is 0 Å². The lowest BCUT2D eigenvalue weighted by Crippen LogP contribution is -2.32. The summed E-state index contributed by atoms with van der Waals surface area (Å²) >= 11 is 0. The highest BCUT2D eigenvalue weighted by Crippen LogP contribution is 2.55. The van der Waals surface area contributed by atoms with E-state index in [9.17, 15) is 72.0 Å². The van der Waals surface area contributed by atoms with E-state index in [2.05, 4.69) is 54.8 Å². The zero-order valence-corrected chi connectivity index (χ0v) is 55.0. The molecule has 0 bridgehead atoms. The maximum atomic E-state index is 14.2. The van der Waals surface area contributed by atoms with Crippen molar-refractivity contribution in [2.24, 2.45) is 0 Å². The third kappa shape index (κ3) is 15.5. The number of fused-ring (bicyclic) bond motifs is 3. The third-order valence-electron chi connectivity index (χ3n) is 16.4. The molecule has 0 amide bonds. The van der Waals surface area contributed by atoms with Crippen LogP contribution in [0.15, 0.2) is 67.5 Å². The summed E-state index contributed by atoms with van der Waals surface area (Å²) < 4.78 is 135. The number of aromatic nitrogens is 16. The summed E-state index contributed by atoms with van der Waals surface area (Å²) in [6, 6.07) is 2.44. The predicted molar refractivity (Wildman–Crippen MR) is 332 cm³/mol. The van der Waals surface area contributed by atoms with E-state index in [4.69, 9.17) is 88.5 Å². The van der Waals surface area contributed by atoms with Gasteiger partial charge in [-0.25, -0.2) is 42.8 Å². The Hall–Kier alpha value is -8.03. The van der Waals surface area contributed by atoms with Crippen LogP contribution >= 0.6 is 31.3 Å². The fourth-order valence-corrected chi connectivity index (χ4v) is 15.6. The largest absolute Gasteiger partial charge is 0.472 e. The second-order valence-electron chi connectivity index (χ2n) is 23.1. The van der Waals surface area contributed by atoms with Crippen molar-refractivity contribution >= 4 is 94.3 Å². The van der Waals surface area contributed by atoms with E-state index in [-0.39, 0.29) is 75.8 Å². The number of nitrogens with two attached hydrogens (primary N) is 5. The predicted octanol–water partition coefficient (Wildman–Crippen LogP) is -3.39. The van der Waals surface area contributed by atoms with Crippen molar-refractivity contribution in [3.63, 3.8) is 0 Å². The van der Waals surface area contributed by atoms with E-state index in [0.29, 0.717) is 0 Å². The number of rotatable bonds is 26. The van der Waals surface area contributed by atoms with Gasteiger partial charge in [0.05, 0.1) is 58.1 Å². The number of phosphoric acid groups is 4. The number of ether oxygens (including phenoxy) is 5. The summed E-state index contributed by atoms with van der Waals surface area (Å²) in [6.07, 6.45) is -17.7. The lowest BCUT2D eigenvalue weighted by Gasteiger charge is -2.25. The number of aliphatic hydroxyl groups excluding tert-OH is 2. The van der Waals surface area contributed by atoms with Gasteiger partial charge in [0.2, 0.25) is 17.8 Å². The number of aromatic amines is 3. The van der Waals surface area contributed by atoms with Gasteiger partial charge in [0.25, 0.3) is 16.7 Å². The van der Waals surface area contributed by atoms with Crippen molar-refractivity contribution in [1.82, 2.24) is 77.7 Å². The molecule has 0 saturated carbocycles. The summed E-state index contributed by atoms with van der Waals surface area (Å²) in [4.78, 5) is 147. The van der Waals surface area contributed by atoms with Crippen LogP contribution < -0.4 is 56.7 Å². The van der Waals surface area contributed by atoms with Crippen LogP contribution in [0.3, 0.4) is 0 Å². The van der Waals surface area contributed by atoms with Gasteiger partial charge in [-0.15, -0.1) is 0 Å². The van der Waals surface area contributed by atoms with E-state index in [1.165, 1.54) is 50.9 Å². The quantitative estimate of drug-likeness (QED) is 0.0235. The Morgan fingerprint density at radius 3 is 1.05 bits per heavy atom. The number of anilines is 5.